The molecule has 0 saturated carbocycles. The Labute approximate surface area is 98.6 Å². The zero-order valence-corrected chi connectivity index (χ0v) is 9.30. The third-order valence-electron chi connectivity index (χ3n) is 2.93. The van der Waals surface area contributed by atoms with E-state index in [0.29, 0.717) is 5.88 Å². The van der Waals surface area contributed by atoms with Crippen LogP contribution in [0.2, 0.25) is 0 Å². The molecule has 88 valence electrons. The summed E-state index contributed by atoms with van der Waals surface area (Å²) in [6.07, 6.45) is 5.47. The van der Waals surface area contributed by atoms with Gasteiger partial charge in [-0.3, -0.25) is 4.98 Å². The van der Waals surface area contributed by atoms with Crippen molar-refractivity contribution in [1.82, 2.24) is 10.1 Å². The maximum atomic E-state index is 5.83. The predicted octanol–water partition coefficient (Wildman–Crippen LogP) is 2.17. The smallest absolute Gasteiger partial charge is 0.230 e. The normalized spacial score (nSPS) is 19.6. The third-order valence-corrected chi connectivity index (χ3v) is 2.93. The Morgan fingerprint density at radius 1 is 1.41 bits per heavy atom. The van der Waals surface area contributed by atoms with Crippen LogP contribution in [0, 0.1) is 0 Å². The van der Waals surface area contributed by atoms with Crippen molar-refractivity contribution in [3.05, 3.63) is 30.2 Å². The lowest BCUT2D eigenvalue weighted by atomic mass is 10.0. The first-order valence-electron chi connectivity index (χ1n) is 5.63. The van der Waals surface area contributed by atoms with Gasteiger partial charge in [0.25, 0.3) is 0 Å². The monoisotopic (exact) mass is 231 g/mol. The van der Waals surface area contributed by atoms with E-state index in [0.717, 1.165) is 36.3 Å². The Hall–Kier alpha value is -1.88. The minimum atomic E-state index is -0.00810. The number of hydrogen-bond donors (Lipinski definition) is 1. The summed E-state index contributed by atoms with van der Waals surface area (Å²) in [6.45, 7) is 0.768. The van der Waals surface area contributed by atoms with Gasteiger partial charge in [0.05, 0.1) is 5.56 Å². The van der Waals surface area contributed by atoms with E-state index in [9.17, 15) is 0 Å². The molecule has 1 saturated heterocycles. The van der Waals surface area contributed by atoms with Crippen molar-refractivity contribution < 1.29 is 9.26 Å². The molecule has 0 radical (unpaired) electrons. The third kappa shape index (κ3) is 1.78. The molecule has 2 aromatic rings. The molecule has 5 heteroatoms. The van der Waals surface area contributed by atoms with Gasteiger partial charge < -0.3 is 15.0 Å². The first-order valence-corrected chi connectivity index (χ1v) is 5.63. The fourth-order valence-corrected chi connectivity index (χ4v) is 2.13. The second kappa shape index (κ2) is 4.18. The minimum Gasteiger partial charge on any atom is -0.372 e. The number of nitrogen functional groups attached to an aromatic ring is 1. The first-order chi connectivity index (χ1) is 8.36. The van der Waals surface area contributed by atoms with Gasteiger partial charge in [-0.1, -0.05) is 11.2 Å². The average Bonchev–Trinajstić information content (AvgIpc) is 2.98. The molecule has 0 amide bonds. The van der Waals surface area contributed by atoms with Gasteiger partial charge in [0.15, 0.2) is 0 Å². The maximum absolute atomic E-state index is 5.83. The zero-order chi connectivity index (χ0) is 11.7. The lowest BCUT2D eigenvalue weighted by Crippen LogP contribution is -1.99. The molecule has 1 unspecified atom stereocenters. The van der Waals surface area contributed by atoms with Crippen LogP contribution in [-0.4, -0.2) is 16.7 Å². The van der Waals surface area contributed by atoms with Gasteiger partial charge in [0, 0.05) is 24.6 Å². The van der Waals surface area contributed by atoms with Gasteiger partial charge in [-0.2, -0.15) is 0 Å². The molecule has 0 aliphatic carbocycles. The first kappa shape index (κ1) is 10.3. The predicted molar refractivity (Wildman–Crippen MR) is 62.1 cm³/mol. The summed E-state index contributed by atoms with van der Waals surface area (Å²) in [4.78, 5) is 4.08. The van der Waals surface area contributed by atoms with Gasteiger partial charge in [-0.15, -0.1) is 0 Å². The van der Waals surface area contributed by atoms with Crippen LogP contribution >= 0.6 is 0 Å². The highest BCUT2D eigenvalue weighted by molar-refractivity contribution is 5.74. The number of rotatable bonds is 2. The van der Waals surface area contributed by atoms with E-state index >= 15 is 0 Å². The molecule has 1 aliphatic rings. The highest BCUT2D eigenvalue weighted by atomic mass is 16.5. The molecule has 2 N–H and O–H groups in total. The SMILES string of the molecule is Nc1onc(C2CCCO2)c1-c1cccnc1. The molecule has 0 spiro atoms. The van der Waals surface area contributed by atoms with Crippen LogP contribution < -0.4 is 5.73 Å². The van der Waals surface area contributed by atoms with Gasteiger partial charge in [-0.05, 0) is 18.9 Å². The lowest BCUT2D eigenvalue weighted by molar-refractivity contribution is 0.106. The lowest BCUT2D eigenvalue weighted by Gasteiger charge is -2.07. The topological polar surface area (TPSA) is 74.2 Å². The molecular weight excluding hydrogens is 218 g/mol. The summed E-state index contributed by atoms with van der Waals surface area (Å²) in [6, 6.07) is 3.80. The Morgan fingerprint density at radius 2 is 2.35 bits per heavy atom. The number of nitrogens with two attached hydrogens (primary N) is 1. The van der Waals surface area contributed by atoms with Gasteiger partial charge >= 0.3 is 0 Å². The molecule has 1 atom stereocenters. The Balaban J connectivity index is 2.06. The molecule has 3 rings (SSSR count). The van der Waals surface area contributed by atoms with Crippen molar-refractivity contribution in [1.29, 1.82) is 0 Å². The van der Waals surface area contributed by atoms with Crippen LogP contribution in [0.1, 0.15) is 24.6 Å². The van der Waals surface area contributed by atoms with Gasteiger partial charge in [0.2, 0.25) is 5.88 Å². The van der Waals surface area contributed by atoms with E-state index in [-0.39, 0.29) is 6.10 Å². The number of nitrogens with zero attached hydrogens (tertiary/aromatic N) is 2. The van der Waals surface area contributed by atoms with E-state index in [1.807, 2.05) is 12.1 Å². The summed E-state index contributed by atoms with van der Waals surface area (Å²) < 4.78 is 10.7. The average molecular weight is 231 g/mol. The van der Waals surface area contributed by atoms with Crippen molar-refractivity contribution in [2.24, 2.45) is 0 Å². The summed E-state index contributed by atoms with van der Waals surface area (Å²) in [5, 5.41) is 4.02. The van der Waals surface area contributed by atoms with Crippen LogP contribution in [0.3, 0.4) is 0 Å². The van der Waals surface area contributed by atoms with E-state index < -0.39 is 0 Å². The van der Waals surface area contributed by atoms with E-state index in [1.165, 1.54) is 0 Å². The maximum Gasteiger partial charge on any atom is 0.230 e. The van der Waals surface area contributed by atoms with Crippen LogP contribution in [-0.2, 0) is 4.74 Å². The van der Waals surface area contributed by atoms with E-state index in [1.54, 1.807) is 12.4 Å². The van der Waals surface area contributed by atoms with Crippen molar-refractivity contribution in [3.63, 3.8) is 0 Å². The van der Waals surface area contributed by atoms with Crippen molar-refractivity contribution >= 4 is 5.88 Å². The Kier molecular flexibility index (Phi) is 2.53. The molecular formula is C12H13N3O2. The van der Waals surface area contributed by atoms with Crippen LogP contribution in [0.25, 0.3) is 11.1 Å². The molecule has 5 nitrogen and oxygen atoms in total. The molecule has 0 bridgehead atoms. The number of aromatic nitrogens is 2. The molecule has 3 heterocycles. The number of ether oxygens (including phenoxy) is 1. The quantitative estimate of drug-likeness (QED) is 0.857. The highest BCUT2D eigenvalue weighted by Crippen LogP contribution is 2.37. The zero-order valence-electron chi connectivity index (χ0n) is 9.30. The number of hydrogen-bond acceptors (Lipinski definition) is 5. The fourth-order valence-electron chi connectivity index (χ4n) is 2.13. The van der Waals surface area contributed by atoms with Crippen molar-refractivity contribution in [2.45, 2.75) is 18.9 Å². The number of anilines is 1. The fraction of sp³-hybridized carbons (Fsp3) is 0.333. The van der Waals surface area contributed by atoms with Crippen LogP contribution in [0.15, 0.2) is 29.0 Å². The summed E-state index contributed by atoms with van der Waals surface area (Å²) in [5.74, 6) is 0.323. The molecule has 2 aromatic heterocycles. The molecule has 1 aliphatic heterocycles. The van der Waals surface area contributed by atoms with Gasteiger partial charge in [0.1, 0.15) is 11.8 Å². The largest absolute Gasteiger partial charge is 0.372 e. The summed E-state index contributed by atoms with van der Waals surface area (Å²) >= 11 is 0. The summed E-state index contributed by atoms with van der Waals surface area (Å²) in [5.41, 5.74) is 8.34. The molecule has 1 fully saturated rings. The highest BCUT2D eigenvalue weighted by Gasteiger charge is 2.27. The standard InChI is InChI=1S/C12H13N3O2/c13-12-10(8-3-1-5-14-7-8)11(15-17-12)9-4-2-6-16-9/h1,3,5,7,9H,2,4,6,13H2. The Morgan fingerprint density at radius 3 is 3.06 bits per heavy atom. The van der Waals surface area contributed by atoms with E-state index in [4.69, 9.17) is 15.0 Å². The molecule has 0 aromatic carbocycles. The minimum absolute atomic E-state index is 0.00810. The second-order valence-corrected chi connectivity index (χ2v) is 4.05. The van der Waals surface area contributed by atoms with Crippen molar-refractivity contribution in [2.75, 3.05) is 12.3 Å². The van der Waals surface area contributed by atoms with Crippen LogP contribution in [0.4, 0.5) is 5.88 Å². The van der Waals surface area contributed by atoms with Crippen molar-refractivity contribution in [3.8, 4) is 11.1 Å². The number of pyridine rings is 1. The second-order valence-electron chi connectivity index (χ2n) is 4.05. The van der Waals surface area contributed by atoms with Gasteiger partial charge in [-0.25, -0.2) is 0 Å². The Bertz CT molecular complexity index is 504. The summed E-state index contributed by atoms with van der Waals surface area (Å²) in [7, 11) is 0. The van der Waals surface area contributed by atoms with Crippen LogP contribution in [0.5, 0.6) is 0 Å². The van der Waals surface area contributed by atoms with E-state index in [2.05, 4.69) is 10.1 Å². The molecule has 17 heavy (non-hydrogen) atoms.